The van der Waals surface area contributed by atoms with E-state index in [0.717, 1.165) is 18.5 Å². The molecule has 2 saturated heterocycles. The summed E-state index contributed by atoms with van der Waals surface area (Å²) in [6.07, 6.45) is 5.45. The van der Waals surface area contributed by atoms with Crippen molar-refractivity contribution >= 4 is 17.6 Å². The fourth-order valence-electron chi connectivity index (χ4n) is 3.48. The lowest BCUT2D eigenvalue weighted by Crippen LogP contribution is -2.55. The molecule has 3 heterocycles. The third kappa shape index (κ3) is 2.65. The predicted octanol–water partition coefficient (Wildman–Crippen LogP) is 1.77. The van der Waals surface area contributed by atoms with E-state index in [9.17, 15) is 9.59 Å². The van der Waals surface area contributed by atoms with Crippen LogP contribution < -0.4 is 10.2 Å². The van der Waals surface area contributed by atoms with E-state index in [2.05, 4.69) is 10.3 Å². The highest BCUT2D eigenvalue weighted by molar-refractivity contribution is 5.95. The van der Waals surface area contributed by atoms with Crippen LogP contribution in [0.1, 0.15) is 33.1 Å². The Labute approximate surface area is 130 Å². The van der Waals surface area contributed by atoms with E-state index in [-0.39, 0.29) is 30.1 Å². The lowest BCUT2D eigenvalue weighted by Gasteiger charge is -2.39. The van der Waals surface area contributed by atoms with E-state index >= 15 is 0 Å². The zero-order valence-corrected chi connectivity index (χ0v) is 13.0. The molecule has 1 aromatic heterocycles. The number of carbonyl (C=O) groups excluding carboxylic acids is 2. The number of fused-ring (bicyclic) bond motifs is 1. The van der Waals surface area contributed by atoms with Gasteiger partial charge < -0.3 is 15.1 Å². The van der Waals surface area contributed by atoms with Crippen LogP contribution in [0.5, 0.6) is 0 Å². The standard InChI is InChI=1S/C16H22N4O2/c1-11(2)18-16(22)19-9-7-14-13(19)5-6-15(21)20(14)12-4-3-8-17-10-12/h3-4,8,10-11,13-14H,5-7,9H2,1-2H3,(H,18,22)/t13-,14-/m0/s1. The molecule has 0 aliphatic carbocycles. The Kier molecular flexibility index (Phi) is 4.00. The molecule has 0 unspecified atom stereocenters. The Hall–Kier alpha value is -2.11. The summed E-state index contributed by atoms with van der Waals surface area (Å²) in [4.78, 5) is 32.5. The van der Waals surface area contributed by atoms with Crippen LogP contribution in [0.15, 0.2) is 24.5 Å². The quantitative estimate of drug-likeness (QED) is 0.905. The highest BCUT2D eigenvalue weighted by Gasteiger charge is 2.45. The fourth-order valence-corrected chi connectivity index (χ4v) is 3.48. The summed E-state index contributed by atoms with van der Waals surface area (Å²) in [6, 6.07) is 3.99. The Morgan fingerprint density at radius 1 is 1.36 bits per heavy atom. The molecule has 0 radical (unpaired) electrons. The maximum absolute atomic E-state index is 12.4. The number of hydrogen-bond donors (Lipinski definition) is 1. The van der Waals surface area contributed by atoms with Crippen molar-refractivity contribution in [2.45, 2.75) is 51.2 Å². The van der Waals surface area contributed by atoms with Crippen LogP contribution in [-0.2, 0) is 4.79 Å². The van der Waals surface area contributed by atoms with Crippen LogP contribution in [0.2, 0.25) is 0 Å². The molecule has 6 heteroatoms. The number of amides is 3. The number of nitrogens with zero attached hydrogens (tertiary/aromatic N) is 3. The first-order valence-corrected chi connectivity index (χ1v) is 7.87. The molecule has 2 fully saturated rings. The highest BCUT2D eigenvalue weighted by atomic mass is 16.2. The molecule has 3 amide bonds. The average Bonchev–Trinajstić information content (AvgIpc) is 2.91. The number of hydrogen-bond acceptors (Lipinski definition) is 3. The van der Waals surface area contributed by atoms with Gasteiger partial charge in [-0.1, -0.05) is 0 Å². The van der Waals surface area contributed by atoms with Gasteiger partial charge in [-0.05, 0) is 38.8 Å². The molecule has 1 aromatic rings. The molecule has 2 aliphatic rings. The van der Waals surface area contributed by atoms with E-state index in [1.54, 1.807) is 12.4 Å². The predicted molar refractivity (Wildman–Crippen MR) is 83.5 cm³/mol. The minimum absolute atomic E-state index is 0.0250. The number of likely N-dealkylation sites (tertiary alicyclic amines) is 1. The molecule has 22 heavy (non-hydrogen) atoms. The molecular formula is C16H22N4O2. The van der Waals surface area contributed by atoms with E-state index in [4.69, 9.17) is 0 Å². The van der Waals surface area contributed by atoms with Gasteiger partial charge in [0.25, 0.3) is 0 Å². The van der Waals surface area contributed by atoms with Crippen LogP contribution >= 0.6 is 0 Å². The molecular weight excluding hydrogens is 280 g/mol. The van der Waals surface area contributed by atoms with Crippen LogP contribution in [-0.4, -0.2) is 46.5 Å². The van der Waals surface area contributed by atoms with Gasteiger partial charge in [-0.15, -0.1) is 0 Å². The van der Waals surface area contributed by atoms with E-state index < -0.39 is 0 Å². The van der Waals surface area contributed by atoms with Crippen molar-refractivity contribution < 1.29 is 9.59 Å². The number of piperidine rings is 1. The van der Waals surface area contributed by atoms with Crippen molar-refractivity contribution in [1.82, 2.24) is 15.2 Å². The molecule has 0 bridgehead atoms. The first-order chi connectivity index (χ1) is 10.6. The monoisotopic (exact) mass is 302 g/mol. The Balaban J connectivity index is 1.81. The molecule has 0 saturated carbocycles. The normalized spacial score (nSPS) is 24.6. The average molecular weight is 302 g/mol. The number of pyridine rings is 1. The minimum atomic E-state index is -0.0250. The first-order valence-electron chi connectivity index (χ1n) is 7.87. The van der Waals surface area contributed by atoms with Gasteiger partial charge in [0.15, 0.2) is 0 Å². The molecule has 118 valence electrons. The minimum Gasteiger partial charge on any atom is -0.336 e. The van der Waals surface area contributed by atoms with Crippen molar-refractivity contribution in [3.05, 3.63) is 24.5 Å². The second kappa shape index (κ2) is 5.94. The van der Waals surface area contributed by atoms with Gasteiger partial charge in [0.05, 0.1) is 24.0 Å². The molecule has 6 nitrogen and oxygen atoms in total. The Morgan fingerprint density at radius 3 is 2.86 bits per heavy atom. The first kappa shape index (κ1) is 14.8. The number of rotatable bonds is 2. The van der Waals surface area contributed by atoms with Crippen LogP contribution in [0.3, 0.4) is 0 Å². The molecule has 0 spiro atoms. The number of urea groups is 1. The van der Waals surface area contributed by atoms with E-state index in [0.29, 0.717) is 13.0 Å². The summed E-state index contributed by atoms with van der Waals surface area (Å²) in [5.74, 6) is 0.125. The summed E-state index contributed by atoms with van der Waals surface area (Å²) in [5, 5.41) is 2.95. The molecule has 0 aromatic carbocycles. The van der Waals surface area contributed by atoms with Crippen molar-refractivity contribution in [2.75, 3.05) is 11.4 Å². The zero-order valence-electron chi connectivity index (χ0n) is 13.0. The second-order valence-corrected chi connectivity index (χ2v) is 6.23. The second-order valence-electron chi connectivity index (χ2n) is 6.23. The van der Waals surface area contributed by atoms with Crippen LogP contribution in [0.25, 0.3) is 0 Å². The third-order valence-corrected chi connectivity index (χ3v) is 4.36. The molecule has 3 rings (SSSR count). The highest BCUT2D eigenvalue weighted by Crippen LogP contribution is 2.34. The fraction of sp³-hybridized carbons (Fsp3) is 0.562. The number of aromatic nitrogens is 1. The van der Waals surface area contributed by atoms with E-state index in [1.807, 2.05) is 35.8 Å². The van der Waals surface area contributed by atoms with Crippen LogP contribution in [0.4, 0.5) is 10.5 Å². The lowest BCUT2D eigenvalue weighted by molar-refractivity contribution is -0.120. The SMILES string of the molecule is CC(C)NC(=O)N1CC[C@H]2[C@@H]1CCC(=O)N2c1cccnc1. The summed E-state index contributed by atoms with van der Waals surface area (Å²) in [7, 11) is 0. The number of nitrogens with one attached hydrogen (secondary N) is 1. The van der Waals surface area contributed by atoms with Gasteiger partial charge in [-0.25, -0.2) is 4.79 Å². The Bertz CT molecular complexity index is 561. The molecule has 2 aliphatic heterocycles. The summed E-state index contributed by atoms with van der Waals surface area (Å²) >= 11 is 0. The van der Waals surface area contributed by atoms with Gasteiger partial charge >= 0.3 is 6.03 Å². The maximum atomic E-state index is 12.4. The van der Waals surface area contributed by atoms with Gasteiger partial charge in [-0.2, -0.15) is 0 Å². The zero-order chi connectivity index (χ0) is 15.7. The summed E-state index contributed by atoms with van der Waals surface area (Å²) < 4.78 is 0. The topological polar surface area (TPSA) is 65.5 Å². The molecule has 2 atom stereocenters. The van der Waals surface area contributed by atoms with E-state index in [1.165, 1.54) is 0 Å². The third-order valence-electron chi connectivity index (χ3n) is 4.36. The van der Waals surface area contributed by atoms with Crippen molar-refractivity contribution in [3.8, 4) is 0 Å². The van der Waals surface area contributed by atoms with Crippen molar-refractivity contribution in [1.29, 1.82) is 0 Å². The van der Waals surface area contributed by atoms with Crippen molar-refractivity contribution in [3.63, 3.8) is 0 Å². The smallest absolute Gasteiger partial charge is 0.317 e. The van der Waals surface area contributed by atoms with Crippen molar-refractivity contribution in [2.24, 2.45) is 0 Å². The van der Waals surface area contributed by atoms with Gasteiger partial charge in [0, 0.05) is 25.2 Å². The van der Waals surface area contributed by atoms with Gasteiger partial charge in [0.2, 0.25) is 5.91 Å². The number of carbonyl (C=O) groups is 2. The largest absolute Gasteiger partial charge is 0.336 e. The van der Waals surface area contributed by atoms with Gasteiger partial charge in [-0.3, -0.25) is 9.78 Å². The molecule has 1 N–H and O–H groups in total. The lowest BCUT2D eigenvalue weighted by atomic mass is 9.96. The maximum Gasteiger partial charge on any atom is 0.317 e. The Morgan fingerprint density at radius 2 is 2.18 bits per heavy atom. The summed E-state index contributed by atoms with van der Waals surface area (Å²) in [5.41, 5.74) is 0.827. The van der Waals surface area contributed by atoms with Gasteiger partial charge in [0.1, 0.15) is 0 Å². The van der Waals surface area contributed by atoms with Crippen LogP contribution in [0, 0.1) is 0 Å². The number of anilines is 1. The summed E-state index contributed by atoms with van der Waals surface area (Å²) in [6.45, 7) is 4.60.